The minimum absolute atomic E-state index is 0.0630. The molecule has 0 aliphatic heterocycles. The molecule has 0 heterocycles. The summed E-state index contributed by atoms with van der Waals surface area (Å²) in [5.41, 5.74) is 2.45. The van der Waals surface area contributed by atoms with E-state index in [0.29, 0.717) is 5.69 Å². The Labute approximate surface area is 118 Å². The molecule has 1 aromatic carbocycles. The van der Waals surface area contributed by atoms with E-state index in [-0.39, 0.29) is 23.6 Å². The molecule has 4 nitrogen and oxygen atoms in total. The van der Waals surface area contributed by atoms with Crippen LogP contribution in [0.15, 0.2) is 18.2 Å². The average Bonchev–Trinajstić information content (AvgIpc) is 2.37. The van der Waals surface area contributed by atoms with Gasteiger partial charge in [-0.05, 0) is 23.6 Å². The van der Waals surface area contributed by atoms with Crippen molar-refractivity contribution in [2.45, 2.75) is 26.7 Å². The molecule has 0 aromatic heterocycles. The molecule has 0 aliphatic rings. The molecule has 0 radical (unpaired) electrons. The van der Waals surface area contributed by atoms with Crippen LogP contribution in [0.25, 0.3) is 0 Å². The van der Waals surface area contributed by atoms with Gasteiger partial charge in [0.15, 0.2) is 0 Å². The van der Waals surface area contributed by atoms with Crippen LogP contribution < -0.4 is 10.2 Å². The maximum absolute atomic E-state index is 11.4. The summed E-state index contributed by atoms with van der Waals surface area (Å²) in [7, 11) is 1.69. The van der Waals surface area contributed by atoms with Crippen LogP contribution in [-0.2, 0) is 9.59 Å². The van der Waals surface area contributed by atoms with Gasteiger partial charge in [0, 0.05) is 25.3 Å². The third kappa shape index (κ3) is 3.96. The largest absolute Gasteiger partial charge is 0.325 e. The Kier molecular flexibility index (Phi) is 5.36. The lowest BCUT2D eigenvalue weighted by molar-refractivity contribution is -0.116. The highest BCUT2D eigenvalue weighted by Crippen LogP contribution is 2.29. The first-order valence-corrected chi connectivity index (χ1v) is 6.64. The van der Waals surface area contributed by atoms with Gasteiger partial charge in [-0.25, -0.2) is 0 Å². The maximum atomic E-state index is 11.4. The fourth-order valence-corrected chi connectivity index (χ4v) is 1.80. The maximum Gasteiger partial charge on any atom is 0.239 e. The number of alkyl halides is 1. The van der Waals surface area contributed by atoms with Crippen molar-refractivity contribution < 1.29 is 9.59 Å². The van der Waals surface area contributed by atoms with Crippen molar-refractivity contribution in [1.29, 1.82) is 0 Å². The molecule has 0 saturated carbocycles. The summed E-state index contributed by atoms with van der Waals surface area (Å²) in [6.07, 6.45) is 0. The lowest BCUT2D eigenvalue weighted by Gasteiger charge is -2.19. The van der Waals surface area contributed by atoms with E-state index < -0.39 is 0 Å². The van der Waals surface area contributed by atoms with E-state index in [0.717, 1.165) is 11.3 Å². The Morgan fingerprint density at radius 1 is 1.37 bits per heavy atom. The van der Waals surface area contributed by atoms with Crippen LogP contribution in [0.1, 0.15) is 32.3 Å². The van der Waals surface area contributed by atoms with Crippen molar-refractivity contribution in [3.8, 4) is 0 Å². The molecular formula is C14H19ClN2O2. The molecule has 0 bridgehead atoms. The van der Waals surface area contributed by atoms with Crippen molar-refractivity contribution in [2.75, 3.05) is 23.1 Å². The summed E-state index contributed by atoms with van der Waals surface area (Å²) in [4.78, 5) is 24.3. The molecule has 2 amide bonds. The summed E-state index contributed by atoms with van der Waals surface area (Å²) in [5, 5.41) is 2.77. The summed E-state index contributed by atoms with van der Waals surface area (Å²) in [6.45, 7) is 5.58. The monoisotopic (exact) mass is 282 g/mol. The topological polar surface area (TPSA) is 49.4 Å². The molecule has 0 unspecified atom stereocenters. The van der Waals surface area contributed by atoms with Gasteiger partial charge in [0.05, 0.1) is 0 Å². The highest BCUT2D eigenvalue weighted by Gasteiger charge is 2.13. The van der Waals surface area contributed by atoms with Crippen molar-refractivity contribution >= 4 is 34.8 Å². The van der Waals surface area contributed by atoms with E-state index in [9.17, 15) is 9.59 Å². The molecule has 5 heteroatoms. The molecule has 1 rings (SSSR count). The lowest BCUT2D eigenvalue weighted by Crippen LogP contribution is -2.23. The summed E-state index contributed by atoms with van der Waals surface area (Å²) < 4.78 is 0. The minimum Gasteiger partial charge on any atom is -0.325 e. The number of hydrogen-bond acceptors (Lipinski definition) is 2. The van der Waals surface area contributed by atoms with Gasteiger partial charge >= 0.3 is 0 Å². The van der Waals surface area contributed by atoms with Gasteiger partial charge in [0.1, 0.15) is 5.88 Å². The van der Waals surface area contributed by atoms with Gasteiger partial charge in [0.25, 0.3) is 0 Å². The Morgan fingerprint density at radius 2 is 2.00 bits per heavy atom. The molecule has 0 aliphatic carbocycles. The first-order valence-electron chi connectivity index (χ1n) is 6.10. The molecule has 0 saturated heterocycles. The molecule has 104 valence electrons. The normalized spacial score (nSPS) is 10.4. The molecule has 1 N–H and O–H groups in total. The Hall–Kier alpha value is -1.55. The SMILES string of the molecule is CC(=O)N(C)c1ccc(C(C)C)c(NC(=O)CCl)c1. The van der Waals surface area contributed by atoms with Crippen molar-refractivity contribution in [2.24, 2.45) is 0 Å². The van der Waals surface area contributed by atoms with Crippen molar-refractivity contribution in [1.82, 2.24) is 0 Å². The number of carbonyl (C=O) groups is 2. The summed E-state index contributed by atoms with van der Waals surface area (Å²) in [6, 6.07) is 5.58. The first-order chi connectivity index (χ1) is 8.86. The van der Waals surface area contributed by atoms with Gasteiger partial charge in [-0.15, -0.1) is 11.6 Å². The van der Waals surface area contributed by atoms with Crippen LogP contribution in [0.3, 0.4) is 0 Å². The van der Waals surface area contributed by atoms with Gasteiger partial charge < -0.3 is 10.2 Å². The van der Waals surface area contributed by atoms with E-state index in [4.69, 9.17) is 11.6 Å². The molecule has 0 spiro atoms. The number of nitrogens with zero attached hydrogens (tertiary/aromatic N) is 1. The zero-order chi connectivity index (χ0) is 14.6. The minimum atomic E-state index is -0.258. The number of nitrogens with one attached hydrogen (secondary N) is 1. The Bertz CT molecular complexity index is 486. The molecule has 19 heavy (non-hydrogen) atoms. The quantitative estimate of drug-likeness (QED) is 0.863. The van der Waals surface area contributed by atoms with E-state index >= 15 is 0 Å². The van der Waals surface area contributed by atoms with Gasteiger partial charge in [-0.2, -0.15) is 0 Å². The van der Waals surface area contributed by atoms with Crippen LogP contribution in [0, 0.1) is 0 Å². The number of hydrogen-bond donors (Lipinski definition) is 1. The first kappa shape index (κ1) is 15.5. The fourth-order valence-electron chi connectivity index (χ4n) is 1.73. The predicted octanol–water partition coefficient (Wildman–Crippen LogP) is 2.97. The molecule has 0 atom stereocenters. The van der Waals surface area contributed by atoms with Crippen molar-refractivity contribution in [3.63, 3.8) is 0 Å². The van der Waals surface area contributed by atoms with Gasteiger partial charge in [-0.3, -0.25) is 9.59 Å². The number of anilines is 2. The second-order valence-corrected chi connectivity index (χ2v) is 4.95. The molecule has 0 fully saturated rings. The number of benzene rings is 1. The third-order valence-corrected chi connectivity index (χ3v) is 3.16. The zero-order valence-electron chi connectivity index (χ0n) is 11.7. The van der Waals surface area contributed by atoms with Crippen molar-refractivity contribution in [3.05, 3.63) is 23.8 Å². The lowest BCUT2D eigenvalue weighted by atomic mass is 10.00. The Morgan fingerprint density at radius 3 is 2.47 bits per heavy atom. The van der Waals surface area contributed by atoms with Crippen LogP contribution in [0.2, 0.25) is 0 Å². The van der Waals surface area contributed by atoms with Crippen LogP contribution in [-0.4, -0.2) is 24.7 Å². The average molecular weight is 283 g/mol. The number of rotatable bonds is 4. The van der Waals surface area contributed by atoms with Crippen LogP contribution in [0.4, 0.5) is 11.4 Å². The Balaban J connectivity index is 3.17. The summed E-state index contributed by atoms with van der Waals surface area (Å²) >= 11 is 5.51. The third-order valence-electron chi connectivity index (χ3n) is 2.91. The standard InChI is InChI=1S/C14H19ClN2O2/c1-9(2)12-6-5-11(17(4)10(3)18)7-13(12)16-14(19)8-15/h5-7,9H,8H2,1-4H3,(H,16,19). The second-order valence-electron chi connectivity index (χ2n) is 4.69. The van der Waals surface area contributed by atoms with E-state index in [1.807, 2.05) is 26.0 Å². The van der Waals surface area contributed by atoms with Gasteiger partial charge in [0.2, 0.25) is 11.8 Å². The zero-order valence-corrected chi connectivity index (χ0v) is 12.4. The smallest absolute Gasteiger partial charge is 0.239 e. The number of amides is 2. The highest BCUT2D eigenvalue weighted by molar-refractivity contribution is 6.29. The van der Waals surface area contributed by atoms with Crippen LogP contribution in [0.5, 0.6) is 0 Å². The highest BCUT2D eigenvalue weighted by atomic mass is 35.5. The van der Waals surface area contributed by atoms with E-state index in [2.05, 4.69) is 5.32 Å². The second kappa shape index (κ2) is 6.57. The van der Waals surface area contributed by atoms with E-state index in [1.54, 1.807) is 13.1 Å². The number of carbonyl (C=O) groups excluding carboxylic acids is 2. The summed E-state index contributed by atoms with van der Waals surface area (Å²) in [5.74, 6) is -0.148. The molecule has 1 aromatic rings. The van der Waals surface area contributed by atoms with Gasteiger partial charge in [-0.1, -0.05) is 19.9 Å². The molecular weight excluding hydrogens is 264 g/mol. The predicted molar refractivity (Wildman–Crippen MR) is 79.0 cm³/mol. The van der Waals surface area contributed by atoms with E-state index in [1.165, 1.54) is 11.8 Å². The number of halogens is 1. The fraction of sp³-hybridized carbons (Fsp3) is 0.429. The van der Waals surface area contributed by atoms with Crippen LogP contribution >= 0.6 is 11.6 Å².